The number of rotatable bonds is 2. The van der Waals surface area contributed by atoms with E-state index >= 15 is 0 Å². The molecule has 0 amide bonds. The lowest BCUT2D eigenvalue weighted by atomic mass is 10.1. The van der Waals surface area contributed by atoms with Gasteiger partial charge in [-0.3, -0.25) is 9.36 Å². The average molecular weight is 343 g/mol. The van der Waals surface area contributed by atoms with Crippen LogP contribution in [0.5, 0.6) is 0 Å². The van der Waals surface area contributed by atoms with E-state index in [1.165, 1.54) is 0 Å². The maximum Gasteiger partial charge on any atom is 0.267 e. The molecule has 0 unspecified atom stereocenters. The smallest absolute Gasteiger partial charge is 0.267 e. The third-order valence-corrected chi connectivity index (χ3v) is 4.71. The first kappa shape index (κ1) is 13.0. The molecule has 3 nitrogen and oxygen atoms in total. The van der Waals surface area contributed by atoms with Crippen LogP contribution in [-0.4, -0.2) is 9.55 Å². The second kappa shape index (κ2) is 4.95. The summed E-state index contributed by atoms with van der Waals surface area (Å²) < 4.78 is 2.63. The summed E-state index contributed by atoms with van der Waals surface area (Å²) >= 11 is 3.49. The predicted molar refractivity (Wildman–Crippen MR) is 88.3 cm³/mol. The maximum absolute atomic E-state index is 13.0. The standard InChI is InChI=1S/C17H15BrN2O/c18-13-7-4-8-14-15(13)17(21)20(12-5-2-1-3-6-12)16(19-14)11-9-10-11/h2,4-8,11H,1,3,9-10H2. The van der Waals surface area contributed by atoms with Crippen molar-refractivity contribution in [2.75, 3.05) is 0 Å². The van der Waals surface area contributed by atoms with Crippen molar-refractivity contribution in [3.8, 4) is 0 Å². The van der Waals surface area contributed by atoms with Gasteiger partial charge in [-0.1, -0.05) is 18.2 Å². The third kappa shape index (κ3) is 2.18. The van der Waals surface area contributed by atoms with Gasteiger partial charge in [0, 0.05) is 16.1 Å². The summed E-state index contributed by atoms with van der Waals surface area (Å²) in [5, 5.41) is 0.668. The van der Waals surface area contributed by atoms with Crippen molar-refractivity contribution >= 4 is 32.5 Å². The number of nitrogens with zero attached hydrogens (tertiary/aromatic N) is 2. The fourth-order valence-corrected chi connectivity index (χ4v) is 3.36. The number of benzene rings is 1. The van der Waals surface area contributed by atoms with Gasteiger partial charge in [0.1, 0.15) is 5.82 Å². The highest BCUT2D eigenvalue weighted by molar-refractivity contribution is 9.10. The van der Waals surface area contributed by atoms with Crippen LogP contribution in [0.3, 0.4) is 0 Å². The van der Waals surface area contributed by atoms with Gasteiger partial charge in [-0.15, -0.1) is 0 Å². The van der Waals surface area contributed by atoms with Gasteiger partial charge in [0.2, 0.25) is 0 Å². The first-order valence-corrected chi connectivity index (χ1v) is 8.13. The number of fused-ring (bicyclic) bond motifs is 1. The topological polar surface area (TPSA) is 34.9 Å². The van der Waals surface area contributed by atoms with Crippen LogP contribution >= 0.6 is 15.9 Å². The highest BCUT2D eigenvalue weighted by atomic mass is 79.9. The molecule has 1 fully saturated rings. The normalized spacial score (nSPS) is 18.0. The van der Waals surface area contributed by atoms with Crippen molar-refractivity contribution in [3.05, 3.63) is 57.1 Å². The number of allylic oxidation sites excluding steroid dienone is 4. The quantitative estimate of drug-likeness (QED) is 0.818. The summed E-state index contributed by atoms with van der Waals surface area (Å²) in [6, 6.07) is 5.75. The molecule has 0 atom stereocenters. The zero-order valence-electron chi connectivity index (χ0n) is 11.6. The van der Waals surface area contributed by atoms with E-state index in [4.69, 9.17) is 4.98 Å². The molecule has 1 heterocycles. The molecule has 0 aliphatic heterocycles. The largest absolute Gasteiger partial charge is 0.268 e. The van der Waals surface area contributed by atoms with Gasteiger partial charge < -0.3 is 0 Å². The predicted octanol–water partition coefficient (Wildman–Crippen LogP) is 4.23. The van der Waals surface area contributed by atoms with Gasteiger partial charge >= 0.3 is 0 Å². The lowest BCUT2D eigenvalue weighted by Crippen LogP contribution is -2.24. The van der Waals surface area contributed by atoms with Crippen molar-refractivity contribution in [3.63, 3.8) is 0 Å². The van der Waals surface area contributed by atoms with Crippen LogP contribution in [0.2, 0.25) is 0 Å². The lowest BCUT2D eigenvalue weighted by molar-refractivity contribution is 0.832. The van der Waals surface area contributed by atoms with Gasteiger partial charge in [-0.2, -0.15) is 0 Å². The van der Waals surface area contributed by atoms with Crippen molar-refractivity contribution < 1.29 is 0 Å². The molecular weight excluding hydrogens is 328 g/mol. The van der Waals surface area contributed by atoms with E-state index in [-0.39, 0.29) is 5.56 Å². The van der Waals surface area contributed by atoms with Crippen molar-refractivity contribution in [2.45, 2.75) is 31.6 Å². The van der Waals surface area contributed by atoms with Crippen molar-refractivity contribution in [2.24, 2.45) is 0 Å². The Morgan fingerprint density at radius 2 is 2.10 bits per heavy atom. The number of halogens is 1. The highest BCUT2D eigenvalue weighted by Gasteiger charge is 2.30. The van der Waals surface area contributed by atoms with Crippen LogP contribution in [0.1, 0.15) is 37.4 Å². The van der Waals surface area contributed by atoms with E-state index in [9.17, 15) is 4.79 Å². The van der Waals surface area contributed by atoms with Crippen molar-refractivity contribution in [1.82, 2.24) is 9.55 Å². The molecule has 0 bridgehead atoms. The summed E-state index contributed by atoms with van der Waals surface area (Å²) in [5.41, 5.74) is 1.79. The molecule has 4 rings (SSSR count). The molecule has 1 saturated carbocycles. The third-order valence-electron chi connectivity index (χ3n) is 4.05. The zero-order valence-corrected chi connectivity index (χ0v) is 13.1. The Balaban J connectivity index is 2.07. The van der Waals surface area contributed by atoms with Gasteiger partial charge in [0.05, 0.1) is 10.9 Å². The first-order chi connectivity index (χ1) is 10.3. The van der Waals surface area contributed by atoms with Gasteiger partial charge in [-0.05, 0) is 59.8 Å². The minimum atomic E-state index is 0.0344. The molecule has 2 aliphatic rings. The van der Waals surface area contributed by atoms with Crippen molar-refractivity contribution in [1.29, 1.82) is 0 Å². The fraction of sp³-hybridized carbons (Fsp3) is 0.294. The van der Waals surface area contributed by atoms with Crippen LogP contribution in [0.15, 0.2) is 45.7 Å². The van der Waals surface area contributed by atoms with E-state index in [1.807, 2.05) is 28.8 Å². The minimum Gasteiger partial charge on any atom is -0.268 e. The molecule has 1 aromatic heterocycles. The van der Waals surface area contributed by atoms with Gasteiger partial charge in [0.15, 0.2) is 0 Å². The average Bonchev–Trinajstić information content (AvgIpc) is 3.32. The number of hydrogen-bond acceptors (Lipinski definition) is 2. The second-order valence-electron chi connectivity index (χ2n) is 5.63. The van der Waals surface area contributed by atoms with E-state index in [1.54, 1.807) is 0 Å². The zero-order chi connectivity index (χ0) is 14.4. The Labute approximate surface area is 131 Å². The summed E-state index contributed by atoms with van der Waals surface area (Å²) in [4.78, 5) is 17.8. The van der Waals surface area contributed by atoms with Gasteiger partial charge in [-0.25, -0.2) is 4.98 Å². The summed E-state index contributed by atoms with van der Waals surface area (Å²) in [6.45, 7) is 0. The van der Waals surface area contributed by atoms with Crippen LogP contribution in [0, 0.1) is 0 Å². The molecule has 4 heteroatoms. The Hall–Kier alpha value is -1.68. The molecule has 2 aliphatic carbocycles. The SMILES string of the molecule is O=c1c2c(Br)cccc2nc(C2CC2)n1C1=CCCC=C1. The molecule has 0 N–H and O–H groups in total. The van der Waals surface area contributed by atoms with E-state index < -0.39 is 0 Å². The van der Waals surface area contributed by atoms with E-state index in [0.717, 1.165) is 47.2 Å². The fourth-order valence-electron chi connectivity index (χ4n) is 2.84. The number of hydrogen-bond donors (Lipinski definition) is 0. The van der Waals surface area contributed by atoms with E-state index in [0.29, 0.717) is 11.3 Å². The lowest BCUT2D eigenvalue weighted by Gasteiger charge is -2.16. The molecule has 106 valence electrons. The Kier molecular flexibility index (Phi) is 3.07. The van der Waals surface area contributed by atoms with Crippen LogP contribution < -0.4 is 5.56 Å². The molecule has 1 aromatic carbocycles. The molecule has 0 radical (unpaired) electrons. The first-order valence-electron chi connectivity index (χ1n) is 7.34. The number of aromatic nitrogens is 2. The Morgan fingerprint density at radius 3 is 2.81 bits per heavy atom. The summed E-state index contributed by atoms with van der Waals surface area (Å²) in [7, 11) is 0. The Bertz CT molecular complexity index is 844. The molecule has 0 saturated heterocycles. The van der Waals surface area contributed by atoms with Crippen LogP contribution in [0.4, 0.5) is 0 Å². The monoisotopic (exact) mass is 342 g/mol. The summed E-state index contributed by atoms with van der Waals surface area (Å²) in [6.07, 6.45) is 10.6. The molecule has 2 aromatic rings. The minimum absolute atomic E-state index is 0.0344. The van der Waals surface area contributed by atoms with Crippen LogP contribution in [0.25, 0.3) is 16.6 Å². The highest BCUT2D eigenvalue weighted by Crippen LogP contribution is 2.40. The molecular formula is C17H15BrN2O. The summed E-state index contributed by atoms with van der Waals surface area (Å²) in [5.74, 6) is 1.35. The molecule has 0 spiro atoms. The second-order valence-corrected chi connectivity index (χ2v) is 6.48. The van der Waals surface area contributed by atoms with Gasteiger partial charge in [0.25, 0.3) is 5.56 Å². The van der Waals surface area contributed by atoms with E-state index in [2.05, 4.69) is 28.1 Å². The Morgan fingerprint density at radius 1 is 1.24 bits per heavy atom. The molecule has 21 heavy (non-hydrogen) atoms. The van der Waals surface area contributed by atoms with Crippen LogP contribution in [-0.2, 0) is 0 Å². The maximum atomic E-state index is 13.0.